The number of hydrogen-bond acceptors (Lipinski definition) is 5. The molecule has 0 aromatic heterocycles. The summed E-state index contributed by atoms with van der Waals surface area (Å²) in [5.41, 5.74) is 0. The zero-order chi connectivity index (χ0) is 10.8. The van der Waals surface area contributed by atoms with E-state index in [4.69, 9.17) is 14.2 Å². The van der Waals surface area contributed by atoms with E-state index in [2.05, 4.69) is 4.74 Å². The molecule has 5 nitrogen and oxygen atoms in total. The van der Waals surface area contributed by atoms with Gasteiger partial charge in [0.2, 0.25) is 0 Å². The molecule has 5 heteroatoms. The quantitative estimate of drug-likeness (QED) is 0.327. The minimum atomic E-state index is -0.276. The van der Waals surface area contributed by atoms with Gasteiger partial charge in [0, 0.05) is 7.11 Å². The van der Waals surface area contributed by atoms with Gasteiger partial charge in [-0.25, -0.2) is 0 Å². The van der Waals surface area contributed by atoms with Gasteiger partial charge >= 0.3 is 5.97 Å². The highest BCUT2D eigenvalue weighted by atomic mass is 16.7. The number of ether oxygens (including phenoxy) is 4. The summed E-state index contributed by atoms with van der Waals surface area (Å²) in [6.07, 6.45) is 0. The fraction of sp³-hybridized carbons (Fsp3) is 0.889. The van der Waals surface area contributed by atoms with Gasteiger partial charge < -0.3 is 18.9 Å². The summed E-state index contributed by atoms with van der Waals surface area (Å²) < 4.78 is 19.4. The SMILES string of the molecule is COCCOCOCC(C)C(=O)OC. The van der Waals surface area contributed by atoms with Crippen LogP contribution in [0.15, 0.2) is 0 Å². The van der Waals surface area contributed by atoms with Gasteiger partial charge in [-0.3, -0.25) is 4.79 Å². The summed E-state index contributed by atoms with van der Waals surface area (Å²) in [6, 6.07) is 0. The number of methoxy groups -OCH3 is 2. The molecule has 0 amide bonds. The zero-order valence-corrected chi connectivity index (χ0v) is 8.95. The third-order valence-electron chi connectivity index (χ3n) is 1.57. The topological polar surface area (TPSA) is 54.0 Å². The van der Waals surface area contributed by atoms with Crippen molar-refractivity contribution < 1.29 is 23.7 Å². The first-order valence-corrected chi connectivity index (χ1v) is 4.44. The van der Waals surface area contributed by atoms with E-state index in [0.29, 0.717) is 19.8 Å². The molecule has 0 saturated heterocycles. The van der Waals surface area contributed by atoms with Crippen LogP contribution in [-0.2, 0) is 23.7 Å². The minimum absolute atomic E-state index is 0.171. The first-order chi connectivity index (χ1) is 6.72. The lowest BCUT2D eigenvalue weighted by atomic mass is 10.2. The molecule has 0 aromatic carbocycles. The molecule has 0 aliphatic rings. The lowest BCUT2D eigenvalue weighted by Gasteiger charge is -2.09. The third-order valence-corrected chi connectivity index (χ3v) is 1.57. The van der Waals surface area contributed by atoms with E-state index in [-0.39, 0.29) is 18.7 Å². The first-order valence-electron chi connectivity index (χ1n) is 4.44. The highest BCUT2D eigenvalue weighted by Gasteiger charge is 2.12. The van der Waals surface area contributed by atoms with Gasteiger partial charge in [-0.2, -0.15) is 0 Å². The van der Waals surface area contributed by atoms with Crippen LogP contribution in [0.25, 0.3) is 0 Å². The number of carbonyl (C=O) groups excluding carboxylic acids is 1. The van der Waals surface area contributed by atoms with Crippen molar-refractivity contribution in [3.05, 3.63) is 0 Å². The second-order valence-electron chi connectivity index (χ2n) is 2.81. The van der Waals surface area contributed by atoms with Crippen LogP contribution in [0.3, 0.4) is 0 Å². The molecule has 0 heterocycles. The summed E-state index contributed by atoms with van der Waals surface area (Å²) in [5.74, 6) is -0.534. The maximum atomic E-state index is 10.9. The highest BCUT2D eigenvalue weighted by molar-refractivity contribution is 5.71. The Morgan fingerprint density at radius 1 is 1.21 bits per heavy atom. The molecular weight excluding hydrogens is 188 g/mol. The lowest BCUT2D eigenvalue weighted by molar-refractivity contribution is -0.149. The van der Waals surface area contributed by atoms with E-state index in [1.807, 2.05) is 0 Å². The van der Waals surface area contributed by atoms with Crippen LogP contribution in [0.1, 0.15) is 6.92 Å². The fourth-order valence-electron chi connectivity index (χ4n) is 0.754. The van der Waals surface area contributed by atoms with E-state index >= 15 is 0 Å². The Labute approximate surface area is 84.3 Å². The molecule has 84 valence electrons. The second kappa shape index (κ2) is 8.93. The number of esters is 1. The molecule has 1 unspecified atom stereocenters. The van der Waals surface area contributed by atoms with Crippen LogP contribution < -0.4 is 0 Å². The molecule has 0 rings (SSSR count). The predicted octanol–water partition coefficient (Wildman–Crippen LogP) is 0.433. The van der Waals surface area contributed by atoms with Crippen molar-refractivity contribution >= 4 is 5.97 Å². The largest absolute Gasteiger partial charge is 0.469 e. The summed E-state index contributed by atoms with van der Waals surface area (Å²) >= 11 is 0. The second-order valence-corrected chi connectivity index (χ2v) is 2.81. The number of carbonyl (C=O) groups is 1. The fourth-order valence-corrected chi connectivity index (χ4v) is 0.754. The molecule has 0 fully saturated rings. The molecule has 1 atom stereocenters. The van der Waals surface area contributed by atoms with Gasteiger partial charge in [-0.15, -0.1) is 0 Å². The smallest absolute Gasteiger partial charge is 0.310 e. The van der Waals surface area contributed by atoms with E-state index in [1.54, 1.807) is 14.0 Å². The monoisotopic (exact) mass is 206 g/mol. The highest BCUT2D eigenvalue weighted by Crippen LogP contribution is 1.98. The summed E-state index contributed by atoms with van der Waals surface area (Å²) in [4.78, 5) is 10.9. The molecule has 0 N–H and O–H groups in total. The maximum absolute atomic E-state index is 10.9. The van der Waals surface area contributed by atoms with Gasteiger partial charge in [-0.1, -0.05) is 0 Å². The van der Waals surface area contributed by atoms with Crippen molar-refractivity contribution in [2.75, 3.05) is 40.8 Å². The molecule has 0 aromatic rings. The van der Waals surface area contributed by atoms with Gasteiger partial charge in [0.15, 0.2) is 0 Å². The van der Waals surface area contributed by atoms with E-state index in [9.17, 15) is 4.79 Å². The lowest BCUT2D eigenvalue weighted by Crippen LogP contribution is -2.19. The summed E-state index contributed by atoms with van der Waals surface area (Å²) in [7, 11) is 2.96. The Hall–Kier alpha value is -0.650. The Kier molecular flexibility index (Phi) is 8.51. The van der Waals surface area contributed by atoms with Crippen molar-refractivity contribution in [1.82, 2.24) is 0 Å². The Bertz CT molecular complexity index is 148. The van der Waals surface area contributed by atoms with Crippen molar-refractivity contribution in [1.29, 1.82) is 0 Å². The third kappa shape index (κ3) is 6.82. The van der Waals surface area contributed by atoms with Gasteiger partial charge in [0.05, 0.1) is 32.8 Å². The van der Waals surface area contributed by atoms with Gasteiger partial charge in [0.25, 0.3) is 0 Å². The van der Waals surface area contributed by atoms with Crippen molar-refractivity contribution in [3.8, 4) is 0 Å². The minimum Gasteiger partial charge on any atom is -0.469 e. The number of hydrogen-bond donors (Lipinski definition) is 0. The van der Waals surface area contributed by atoms with Crippen LogP contribution in [0.4, 0.5) is 0 Å². The molecule has 0 bridgehead atoms. The maximum Gasteiger partial charge on any atom is 0.310 e. The Balaban J connectivity index is 3.23. The van der Waals surface area contributed by atoms with Gasteiger partial charge in [0.1, 0.15) is 6.79 Å². The zero-order valence-electron chi connectivity index (χ0n) is 8.95. The summed E-state index contributed by atoms with van der Waals surface area (Å²) in [5, 5.41) is 0. The molecule has 0 radical (unpaired) electrons. The normalized spacial score (nSPS) is 12.5. The molecule has 0 aliphatic heterocycles. The van der Waals surface area contributed by atoms with Crippen molar-refractivity contribution in [2.45, 2.75) is 6.92 Å². The molecular formula is C9H18O5. The van der Waals surface area contributed by atoms with Crippen LogP contribution in [0.5, 0.6) is 0 Å². The molecule has 0 saturated carbocycles. The first kappa shape index (κ1) is 13.4. The Morgan fingerprint density at radius 2 is 1.93 bits per heavy atom. The van der Waals surface area contributed by atoms with Crippen molar-refractivity contribution in [3.63, 3.8) is 0 Å². The van der Waals surface area contributed by atoms with Crippen LogP contribution in [-0.4, -0.2) is 46.8 Å². The predicted molar refractivity (Wildman–Crippen MR) is 49.8 cm³/mol. The summed E-state index contributed by atoms with van der Waals surface area (Å²) in [6.45, 7) is 3.24. The number of rotatable bonds is 8. The molecule has 0 spiro atoms. The van der Waals surface area contributed by atoms with E-state index in [1.165, 1.54) is 7.11 Å². The van der Waals surface area contributed by atoms with E-state index < -0.39 is 0 Å². The Morgan fingerprint density at radius 3 is 2.50 bits per heavy atom. The molecule has 14 heavy (non-hydrogen) atoms. The average molecular weight is 206 g/mol. The van der Waals surface area contributed by atoms with Gasteiger partial charge in [-0.05, 0) is 6.92 Å². The average Bonchev–Trinajstić information content (AvgIpc) is 2.21. The van der Waals surface area contributed by atoms with E-state index in [0.717, 1.165) is 0 Å². The van der Waals surface area contributed by atoms with Crippen LogP contribution in [0, 0.1) is 5.92 Å². The van der Waals surface area contributed by atoms with Crippen LogP contribution >= 0.6 is 0 Å². The van der Waals surface area contributed by atoms with Crippen LogP contribution in [0.2, 0.25) is 0 Å². The molecule has 0 aliphatic carbocycles. The standard InChI is InChI=1S/C9H18O5/c1-8(9(10)12-3)6-14-7-13-5-4-11-2/h8H,4-7H2,1-3H3. The van der Waals surface area contributed by atoms with Crippen molar-refractivity contribution in [2.24, 2.45) is 5.92 Å².